The van der Waals surface area contributed by atoms with Gasteiger partial charge in [0.25, 0.3) is 0 Å². The molecule has 5 heteroatoms. The Labute approximate surface area is 127 Å². The first kappa shape index (κ1) is 16.1. The number of carboxylic acid groups (broad SMARTS) is 1. The molecule has 0 aromatic carbocycles. The van der Waals surface area contributed by atoms with Crippen LogP contribution in [0.3, 0.4) is 0 Å². The van der Waals surface area contributed by atoms with Crippen LogP contribution in [-0.2, 0) is 4.79 Å². The van der Waals surface area contributed by atoms with Crippen molar-refractivity contribution >= 4 is 12.0 Å². The van der Waals surface area contributed by atoms with E-state index in [4.69, 9.17) is 5.11 Å². The number of rotatable bonds is 3. The van der Waals surface area contributed by atoms with E-state index in [-0.39, 0.29) is 18.5 Å². The van der Waals surface area contributed by atoms with Gasteiger partial charge in [0.05, 0.1) is 0 Å². The second-order valence-electron chi connectivity index (χ2n) is 6.73. The number of carbonyl (C=O) groups is 2. The highest BCUT2D eigenvalue weighted by molar-refractivity contribution is 5.75. The minimum absolute atomic E-state index is 0.105. The van der Waals surface area contributed by atoms with E-state index < -0.39 is 5.97 Å². The third kappa shape index (κ3) is 4.11. The van der Waals surface area contributed by atoms with Crippen LogP contribution in [0.4, 0.5) is 4.79 Å². The number of hydrogen-bond donors (Lipinski definition) is 1. The number of nitrogens with zero attached hydrogens (tertiary/aromatic N) is 2. The molecule has 0 aliphatic carbocycles. The summed E-state index contributed by atoms with van der Waals surface area (Å²) in [7, 11) is 0. The van der Waals surface area contributed by atoms with Crippen LogP contribution >= 0.6 is 0 Å². The van der Waals surface area contributed by atoms with E-state index in [1.165, 1.54) is 0 Å². The van der Waals surface area contributed by atoms with Crippen molar-refractivity contribution in [1.29, 1.82) is 0 Å². The van der Waals surface area contributed by atoms with Crippen molar-refractivity contribution < 1.29 is 14.7 Å². The predicted molar refractivity (Wildman–Crippen MR) is 81.2 cm³/mol. The fraction of sp³-hybridized carbons (Fsp3) is 0.875. The smallest absolute Gasteiger partial charge is 0.320 e. The second-order valence-corrected chi connectivity index (χ2v) is 6.73. The van der Waals surface area contributed by atoms with Crippen molar-refractivity contribution in [3.8, 4) is 0 Å². The van der Waals surface area contributed by atoms with Crippen molar-refractivity contribution in [2.24, 2.45) is 5.92 Å². The number of likely N-dealkylation sites (tertiary alicyclic amines) is 2. The van der Waals surface area contributed by atoms with Crippen LogP contribution in [-0.4, -0.2) is 52.1 Å². The van der Waals surface area contributed by atoms with Gasteiger partial charge in [0.15, 0.2) is 0 Å². The Morgan fingerprint density at radius 2 is 1.86 bits per heavy atom. The summed E-state index contributed by atoms with van der Waals surface area (Å²) in [4.78, 5) is 27.6. The highest BCUT2D eigenvalue weighted by Gasteiger charge is 2.34. The standard InChI is InChI=1S/C16H28N2O3/c1-12-8-10-17(13(2)11-12)16(21)18-9-4-3-5-14(18)6-7-15(19)20/h12-14H,3-11H2,1-2H3,(H,19,20). The van der Waals surface area contributed by atoms with Gasteiger partial charge in [0, 0.05) is 31.6 Å². The van der Waals surface area contributed by atoms with Gasteiger partial charge in [-0.3, -0.25) is 4.79 Å². The molecule has 2 fully saturated rings. The summed E-state index contributed by atoms with van der Waals surface area (Å²) in [6.07, 6.45) is 5.95. The maximum Gasteiger partial charge on any atom is 0.320 e. The summed E-state index contributed by atoms with van der Waals surface area (Å²) in [5.74, 6) is -0.0821. The molecule has 120 valence electrons. The molecule has 0 aromatic rings. The van der Waals surface area contributed by atoms with Gasteiger partial charge in [-0.05, 0) is 51.4 Å². The van der Waals surface area contributed by atoms with E-state index in [9.17, 15) is 9.59 Å². The molecule has 2 aliphatic rings. The van der Waals surface area contributed by atoms with E-state index in [0.717, 1.165) is 45.2 Å². The van der Waals surface area contributed by atoms with E-state index >= 15 is 0 Å². The van der Waals surface area contributed by atoms with Gasteiger partial charge in [0.2, 0.25) is 0 Å². The summed E-state index contributed by atoms with van der Waals surface area (Å²) in [6, 6.07) is 0.529. The lowest BCUT2D eigenvalue weighted by atomic mass is 9.93. The van der Waals surface area contributed by atoms with Crippen molar-refractivity contribution in [2.75, 3.05) is 13.1 Å². The molecular weight excluding hydrogens is 268 g/mol. The molecule has 21 heavy (non-hydrogen) atoms. The minimum atomic E-state index is -0.770. The number of amides is 2. The third-order valence-corrected chi connectivity index (χ3v) is 4.95. The predicted octanol–water partition coefficient (Wildman–Crippen LogP) is 2.95. The average molecular weight is 296 g/mol. The minimum Gasteiger partial charge on any atom is -0.481 e. The Hall–Kier alpha value is -1.26. The third-order valence-electron chi connectivity index (χ3n) is 4.95. The summed E-state index contributed by atoms with van der Waals surface area (Å²) in [5.41, 5.74) is 0. The maximum absolute atomic E-state index is 12.8. The first-order valence-corrected chi connectivity index (χ1v) is 8.28. The first-order chi connectivity index (χ1) is 9.99. The zero-order chi connectivity index (χ0) is 15.4. The average Bonchev–Trinajstić information content (AvgIpc) is 2.45. The molecule has 0 saturated carbocycles. The molecule has 1 N–H and O–H groups in total. The Morgan fingerprint density at radius 1 is 1.10 bits per heavy atom. The van der Waals surface area contributed by atoms with Gasteiger partial charge in [-0.2, -0.15) is 0 Å². The Morgan fingerprint density at radius 3 is 2.52 bits per heavy atom. The fourth-order valence-electron chi connectivity index (χ4n) is 3.70. The molecule has 0 radical (unpaired) electrons. The molecular formula is C16H28N2O3. The van der Waals surface area contributed by atoms with Crippen LogP contribution in [0.25, 0.3) is 0 Å². The largest absolute Gasteiger partial charge is 0.481 e. The summed E-state index contributed by atoms with van der Waals surface area (Å²) in [5, 5.41) is 8.88. The van der Waals surface area contributed by atoms with Crippen molar-refractivity contribution in [3.05, 3.63) is 0 Å². The molecule has 5 nitrogen and oxygen atoms in total. The molecule has 0 aromatic heterocycles. The van der Waals surface area contributed by atoms with E-state index in [0.29, 0.717) is 18.4 Å². The quantitative estimate of drug-likeness (QED) is 0.871. The van der Waals surface area contributed by atoms with Crippen LogP contribution in [0.5, 0.6) is 0 Å². The normalized spacial score (nSPS) is 30.3. The molecule has 0 bridgehead atoms. The number of piperidine rings is 2. The molecule has 3 unspecified atom stereocenters. The molecule has 3 atom stereocenters. The van der Waals surface area contributed by atoms with Crippen molar-refractivity contribution in [2.45, 2.75) is 70.9 Å². The van der Waals surface area contributed by atoms with Crippen molar-refractivity contribution in [3.63, 3.8) is 0 Å². The molecule has 2 aliphatic heterocycles. The van der Waals surface area contributed by atoms with Gasteiger partial charge in [-0.1, -0.05) is 6.92 Å². The highest BCUT2D eigenvalue weighted by atomic mass is 16.4. The summed E-state index contributed by atoms with van der Waals surface area (Å²) < 4.78 is 0. The molecule has 2 rings (SSSR count). The topological polar surface area (TPSA) is 60.9 Å². The molecule has 0 spiro atoms. The second kappa shape index (κ2) is 7.14. The highest BCUT2D eigenvalue weighted by Crippen LogP contribution is 2.27. The van der Waals surface area contributed by atoms with E-state index in [1.807, 2.05) is 9.80 Å². The van der Waals surface area contributed by atoms with Crippen LogP contribution in [0.15, 0.2) is 0 Å². The van der Waals surface area contributed by atoms with Gasteiger partial charge in [-0.15, -0.1) is 0 Å². The number of hydrogen-bond acceptors (Lipinski definition) is 2. The first-order valence-electron chi connectivity index (χ1n) is 8.28. The monoisotopic (exact) mass is 296 g/mol. The molecule has 2 amide bonds. The lowest BCUT2D eigenvalue weighted by Crippen LogP contribution is -2.54. The van der Waals surface area contributed by atoms with Crippen LogP contribution in [0.2, 0.25) is 0 Å². The number of carbonyl (C=O) groups excluding carboxylic acids is 1. The van der Waals surface area contributed by atoms with Crippen LogP contribution in [0.1, 0.15) is 58.8 Å². The van der Waals surface area contributed by atoms with E-state index in [2.05, 4.69) is 13.8 Å². The SMILES string of the molecule is CC1CCN(C(=O)N2CCCCC2CCC(=O)O)C(C)C1. The number of urea groups is 1. The van der Waals surface area contributed by atoms with Crippen LogP contribution in [0, 0.1) is 5.92 Å². The zero-order valence-corrected chi connectivity index (χ0v) is 13.3. The fourth-order valence-corrected chi connectivity index (χ4v) is 3.70. The van der Waals surface area contributed by atoms with E-state index in [1.54, 1.807) is 0 Å². The number of aliphatic carboxylic acids is 1. The Balaban J connectivity index is 1.99. The maximum atomic E-state index is 12.8. The Kier molecular flexibility index (Phi) is 5.48. The van der Waals surface area contributed by atoms with Gasteiger partial charge in [-0.25, -0.2) is 4.79 Å². The lowest BCUT2D eigenvalue weighted by Gasteiger charge is -2.43. The van der Waals surface area contributed by atoms with Crippen LogP contribution < -0.4 is 0 Å². The van der Waals surface area contributed by atoms with Gasteiger partial charge >= 0.3 is 12.0 Å². The number of carboxylic acids is 1. The molecule has 2 heterocycles. The molecule has 2 saturated heterocycles. The van der Waals surface area contributed by atoms with Crippen molar-refractivity contribution in [1.82, 2.24) is 9.80 Å². The van der Waals surface area contributed by atoms with Gasteiger partial charge < -0.3 is 14.9 Å². The lowest BCUT2D eigenvalue weighted by molar-refractivity contribution is -0.137. The Bertz CT molecular complexity index is 386. The van der Waals surface area contributed by atoms with Gasteiger partial charge in [0.1, 0.15) is 0 Å². The summed E-state index contributed by atoms with van der Waals surface area (Å²) >= 11 is 0. The zero-order valence-electron chi connectivity index (χ0n) is 13.3. The summed E-state index contributed by atoms with van der Waals surface area (Å²) in [6.45, 7) is 5.99.